The molecule has 0 saturated heterocycles. The van der Waals surface area contributed by atoms with Crippen LogP contribution in [0.15, 0.2) is 41.1 Å². The van der Waals surface area contributed by atoms with Gasteiger partial charge in [-0.2, -0.15) is 11.3 Å². The zero-order valence-electron chi connectivity index (χ0n) is 13.0. The van der Waals surface area contributed by atoms with E-state index in [1.54, 1.807) is 0 Å². The van der Waals surface area contributed by atoms with Gasteiger partial charge < -0.3 is 15.0 Å². The van der Waals surface area contributed by atoms with E-state index >= 15 is 0 Å². The lowest BCUT2D eigenvalue weighted by atomic mass is 10.2. The molecule has 0 saturated carbocycles. The quantitative estimate of drug-likeness (QED) is 0.806. The van der Waals surface area contributed by atoms with Crippen molar-refractivity contribution in [2.45, 2.75) is 13.8 Å². The Morgan fingerprint density at radius 1 is 1.23 bits per heavy atom. The van der Waals surface area contributed by atoms with Crippen molar-refractivity contribution < 1.29 is 9.53 Å². The summed E-state index contributed by atoms with van der Waals surface area (Å²) in [6, 6.07) is 9.35. The van der Waals surface area contributed by atoms with E-state index in [4.69, 9.17) is 4.74 Å². The van der Waals surface area contributed by atoms with Crippen LogP contribution in [0.1, 0.15) is 24.2 Å². The SMILES string of the molecule is CCN(CC)CCOc1ccccc1NC(=O)c1ccsc1. The maximum atomic E-state index is 12.1. The first-order valence-corrected chi connectivity index (χ1v) is 8.46. The van der Waals surface area contributed by atoms with Crippen molar-refractivity contribution in [2.75, 3.05) is 31.6 Å². The second-order valence-corrected chi connectivity index (χ2v) is 5.62. The van der Waals surface area contributed by atoms with Crippen molar-refractivity contribution in [2.24, 2.45) is 0 Å². The third kappa shape index (κ3) is 4.58. The molecular weight excluding hydrogens is 296 g/mol. The predicted octanol–water partition coefficient (Wildman–Crippen LogP) is 3.72. The van der Waals surface area contributed by atoms with Crippen LogP contribution < -0.4 is 10.1 Å². The van der Waals surface area contributed by atoms with Gasteiger partial charge in [0.05, 0.1) is 11.3 Å². The van der Waals surface area contributed by atoms with Crippen LogP contribution in [0.5, 0.6) is 5.75 Å². The molecule has 22 heavy (non-hydrogen) atoms. The molecule has 5 heteroatoms. The molecule has 0 aliphatic heterocycles. The molecule has 0 unspecified atom stereocenters. The molecule has 2 rings (SSSR count). The topological polar surface area (TPSA) is 41.6 Å². The second-order valence-electron chi connectivity index (χ2n) is 4.84. The van der Waals surface area contributed by atoms with Crippen molar-refractivity contribution >= 4 is 22.9 Å². The van der Waals surface area contributed by atoms with Crippen LogP contribution in [-0.4, -0.2) is 37.0 Å². The number of carbonyl (C=O) groups excluding carboxylic acids is 1. The number of ether oxygens (including phenoxy) is 1. The van der Waals surface area contributed by atoms with Crippen LogP contribution in [0.4, 0.5) is 5.69 Å². The zero-order valence-corrected chi connectivity index (χ0v) is 13.9. The molecule has 1 amide bonds. The van der Waals surface area contributed by atoms with Gasteiger partial charge in [0.1, 0.15) is 12.4 Å². The third-order valence-corrected chi connectivity index (χ3v) is 4.16. The molecule has 0 spiro atoms. The molecule has 0 aliphatic rings. The number of rotatable bonds is 8. The fourth-order valence-corrected chi connectivity index (χ4v) is 2.74. The highest BCUT2D eigenvalue weighted by Crippen LogP contribution is 2.24. The molecule has 1 aromatic heterocycles. The summed E-state index contributed by atoms with van der Waals surface area (Å²) in [6.07, 6.45) is 0. The average molecular weight is 318 g/mol. The summed E-state index contributed by atoms with van der Waals surface area (Å²) in [7, 11) is 0. The number of thiophene rings is 1. The van der Waals surface area contributed by atoms with Gasteiger partial charge >= 0.3 is 0 Å². The van der Waals surface area contributed by atoms with E-state index < -0.39 is 0 Å². The molecule has 118 valence electrons. The number of nitrogens with zero attached hydrogens (tertiary/aromatic N) is 1. The van der Waals surface area contributed by atoms with Crippen LogP contribution in [0.25, 0.3) is 0 Å². The lowest BCUT2D eigenvalue weighted by molar-refractivity contribution is 0.102. The Morgan fingerprint density at radius 3 is 2.68 bits per heavy atom. The van der Waals surface area contributed by atoms with Crippen LogP contribution in [-0.2, 0) is 0 Å². The predicted molar refractivity (Wildman–Crippen MR) is 92.0 cm³/mol. The highest BCUT2D eigenvalue weighted by Gasteiger charge is 2.10. The van der Waals surface area contributed by atoms with E-state index in [1.807, 2.05) is 41.1 Å². The molecule has 2 aromatic rings. The fourth-order valence-electron chi connectivity index (χ4n) is 2.11. The van der Waals surface area contributed by atoms with E-state index in [-0.39, 0.29) is 5.91 Å². The van der Waals surface area contributed by atoms with Gasteiger partial charge in [0.2, 0.25) is 0 Å². The highest BCUT2D eigenvalue weighted by atomic mass is 32.1. The Morgan fingerprint density at radius 2 is 2.00 bits per heavy atom. The monoisotopic (exact) mass is 318 g/mol. The van der Waals surface area contributed by atoms with Gasteiger partial charge in [-0.15, -0.1) is 0 Å². The number of hydrogen-bond acceptors (Lipinski definition) is 4. The number of carbonyl (C=O) groups is 1. The van der Waals surface area contributed by atoms with E-state index in [0.717, 1.165) is 19.6 Å². The van der Waals surface area contributed by atoms with Crippen LogP contribution in [0, 0.1) is 0 Å². The molecule has 0 aliphatic carbocycles. The van der Waals surface area contributed by atoms with E-state index in [2.05, 4.69) is 24.1 Å². The van der Waals surface area contributed by atoms with Crippen molar-refractivity contribution in [3.05, 3.63) is 46.7 Å². The van der Waals surface area contributed by atoms with Gasteiger partial charge in [-0.3, -0.25) is 4.79 Å². The summed E-state index contributed by atoms with van der Waals surface area (Å²) in [6.45, 7) is 7.77. The number of amides is 1. The fraction of sp³-hybridized carbons (Fsp3) is 0.353. The van der Waals surface area contributed by atoms with Crippen LogP contribution in [0.3, 0.4) is 0 Å². The minimum Gasteiger partial charge on any atom is -0.490 e. The standard InChI is InChI=1S/C17H22N2O2S/c1-3-19(4-2)10-11-21-16-8-6-5-7-15(16)18-17(20)14-9-12-22-13-14/h5-9,12-13H,3-4,10-11H2,1-2H3,(H,18,20). The number of anilines is 1. The van der Waals surface area contributed by atoms with Crippen LogP contribution in [0.2, 0.25) is 0 Å². The Labute approximate surface area is 135 Å². The Bertz CT molecular complexity index is 580. The normalized spacial score (nSPS) is 10.7. The maximum Gasteiger partial charge on any atom is 0.256 e. The molecule has 1 aromatic carbocycles. The van der Waals surface area contributed by atoms with Crippen molar-refractivity contribution in [3.63, 3.8) is 0 Å². The van der Waals surface area contributed by atoms with Crippen LogP contribution >= 0.6 is 11.3 Å². The molecule has 1 N–H and O–H groups in total. The summed E-state index contributed by atoms with van der Waals surface area (Å²) >= 11 is 1.51. The second kappa shape index (κ2) is 8.56. The Balaban J connectivity index is 1.96. The first-order chi connectivity index (χ1) is 10.7. The Hall–Kier alpha value is -1.85. The zero-order chi connectivity index (χ0) is 15.8. The van der Waals surface area contributed by atoms with Gasteiger partial charge in [-0.05, 0) is 36.7 Å². The summed E-state index contributed by atoms with van der Waals surface area (Å²) in [5, 5.41) is 6.63. The first-order valence-electron chi connectivity index (χ1n) is 7.52. The molecule has 0 atom stereocenters. The molecule has 0 radical (unpaired) electrons. The summed E-state index contributed by atoms with van der Waals surface area (Å²) < 4.78 is 5.84. The van der Waals surface area contributed by atoms with Gasteiger partial charge in [0, 0.05) is 11.9 Å². The highest BCUT2D eigenvalue weighted by molar-refractivity contribution is 7.08. The number of nitrogens with one attached hydrogen (secondary N) is 1. The molecule has 0 fully saturated rings. The lowest BCUT2D eigenvalue weighted by Gasteiger charge is -2.19. The largest absolute Gasteiger partial charge is 0.490 e. The number of hydrogen-bond donors (Lipinski definition) is 1. The smallest absolute Gasteiger partial charge is 0.256 e. The number of likely N-dealkylation sites (N-methyl/N-ethyl adjacent to an activating group) is 1. The average Bonchev–Trinajstić information content (AvgIpc) is 3.07. The van der Waals surface area contributed by atoms with Crippen molar-refractivity contribution in [3.8, 4) is 5.75 Å². The van der Waals surface area contributed by atoms with Gasteiger partial charge in [-0.25, -0.2) is 0 Å². The van der Waals surface area contributed by atoms with E-state index in [9.17, 15) is 4.79 Å². The van der Waals surface area contributed by atoms with Gasteiger partial charge in [-0.1, -0.05) is 26.0 Å². The third-order valence-electron chi connectivity index (χ3n) is 3.48. The number of para-hydroxylation sites is 2. The minimum absolute atomic E-state index is 0.110. The lowest BCUT2D eigenvalue weighted by Crippen LogP contribution is -2.28. The Kier molecular flexibility index (Phi) is 6.43. The first kappa shape index (κ1) is 16.5. The molecule has 1 heterocycles. The van der Waals surface area contributed by atoms with Crippen molar-refractivity contribution in [1.82, 2.24) is 4.90 Å². The summed E-state index contributed by atoms with van der Waals surface area (Å²) in [4.78, 5) is 14.4. The minimum atomic E-state index is -0.110. The summed E-state index contributed by atoms with van der Waals surface area (Å²) in [5.41, 5.74) is 1.38. The molecular formula is C17H22N2O2S. The maximum absolute atomic E-state index is 12.1. The number of benzene rings is 1. The van der Waals surface area contributed by atoms with E-state index in [0.29, 0.717) is 23.6 Å². The summed E-state index contributed by atoms with van der Waals surface area (Å²) in [5.74, 6) is 0.597. The van der Waals surface area contributed by atoms with E-state index in [1.165, 1.54) is 11.3 Å². The van der Waals surface area contributed by atoms with Gasteiger partial charge in [0.25, 0.3) is 5.91 Å². The van der Waals surface area contributed by atoms with Gasteiger partial charge in [0.15, 0.2) is 0 Å². The molecule has 4 nitrogen and oxygen atoms in total. The molecule has 0 bridgehead atoms. The van der Waals surface area contributed by atoms with Crippen molar-refractivity contribution in [1.29, 1.82) is 0 Å².